The Hall–Kier alpha value is -3.06. The van der Waals surface area contributed by atoms with Crippen LogP contribution in [0.4, 0.5) is 5.69 Å². The number of carbonyl (C=O) groups is 1. The third-order valence-electron chi connectivity index (χ3n) is 4.69. The molecule has 0 aliphatic carbocycles. The molecule has 29 heavy (non-hydrogen) atoms. The second kappa shape index (κ2) is 8.53. The van der Waals surface area contributed by atoms with Gasteiger partial charge in [0.2, 0.25) is 11.7 Å². The number of benzene rings is 2. The fourth-order valence-electron chi connectivity index (χ4n) is 3.27. The minimum absolute atomic E-state index is 0.0413. The highest BCUT2D eigenvalue weighted by molar-refractivity contribution is 7.99. The summed E-state index contributed by atoms with van der Waals surface area (Å²) < 4.78 is 7.92. The van der Waals surface area contributed by atoms with E-state index in [0.717, 1.165) is 16.7 Å². The summed E-state index contributed by atoms with van der Waals surface area (Å²) in [6.07, 6.45) is 0. The predicted molar refractivity (Wildman–Crippen MR) is 116 cm³/mol. The number of para-hydroxylation sites is 2. The summed E-state index contributed by atoms with van der Waals surface area (Å²) >= 11 is 1.40. The maximum absolute atomic E-state index is 12.8. The van der Waals surface area contributed by atoms with Gasteiger partial charge in [0, 0.05) is 24.2 Å². The number of nitrogens with zero attached hydrogens (tertiary/aromatic N) is 4. The average Bonchev–Trinajstić information content (AvgIpc) is 3.37. The van der Waals surface area contributed by atoms with Crippen molar-refractivity contribution in [3.05, 3.63) is 60.7 Å². The molecule has 0 radical (unpaired) electrons. The van der Waals surface area contributed by atoms with Gasteiger partial charge in [0.05, 0.1) is 5.75 Å². The van der Waals surface area contributed by atoms with E-state index in [2.05, 4.69) is 10.2 Å². The van der Waals surface area contributed by atoms with Gasteiger partial charge in [0.25, 0.3) is 0 Å². The van der Waals surface area contributed by atoms with Gasteiger partial charge in [-0.15, -0.1) is 10.2 Å². The number of hydrogen-bond acceptors (Lipinski definition) is 5. The van der Waals surface area contributed by atoms with Crippen LogP contribution in [-0.4, -0.2) is 33.0 Å². The summed E-state index contributed by atoms with van der Waals surface area (Å²) in [5, 5.41) is 10.4. The van der Waals surface area contributed by atoms with Gasteiger partial charge in [-0.1, -0.05) is 48.2 Å². The highest BCUT2D eigenvalue weighted by Crippen LogP contribution is 2.29. The van der Waals surface area contributed by atoms with Crippen LogP contribution in [0, 0.1) is 0 Å². The Morgan fingerprint density at radius 3 is 2.55 bits per heavy atom. The number of hydrogen-bond donors (Lipinski definition) is 0. The first-order valence-electron chi connectivity index (χ1n) is 9.61. The van der Waals surface area contributed by atoms with Gasteiger partial charge < -0.3 is 9.32 Å². The average molecular weight is 407 g/mol. The lowest BCUT2D eigenvalue weighted by Crippen LogP contribution is -2.32. The number of carbonyl (C=O) groups excluding carboxylic acids is 1. The number of rotatable bonds is 7. The van der Waals surface area contributed by atoms with Crippen molar-refractivity contribution in [1.82, 2.24) is 14.8 Å². The molecular formula is C22H22N4O2S. The minimum Gasteiger partial charge on any atom is -0.453 e. The smallest absolute Gasteiger partial charge is 0.237 e. The van der Waals surface area contributed by atoms with E-state index in [1.165, 1.54) is 11.8 Å². The number of furan rings is 1. The lowest BCUT2D eigenvalue weighted by molar-refractivity contribution is -0.116. The van der Waals surface area contributed by atoms with E-state index in [4.69, 9.17) is 4.42 Å². The summed E-state index contributed by atoms with van der Waals surface area (Å²) in [4.78, 5) is 14.5. The van der Waals surface area contributed by atoms with Gasteiger partial charge in [0.1, 0.15) is 5.58 Å². The lowest BCUT2D eigenvalue weighted by atomic mass is 10.2. The van der Waals surface area contributed by atoms with E-state index in [9.17, 15) is 4.79 Å². The van der Waals surface area contributed by atoms with E-state index in [1.54, 1.807) is 4.90 Å². The number of anilines is 1. The number of aromatic nitrogens is 3. The maximum atomic E-state index is 12.8. The van der Waals surface area contributed by atoms with Gasteiger partial charge in [-0.2, -0.15) is 0 Å². The van der Waals surface area contributed by atoms with Gasteiger partial charge in [-0.05, 0) is 38.1 Å². The first-order chi connectivity index (χ1) is 14.2. The van der Waals surface area contributed by atoms with Crippen molar-refractivity contribution in [3.8, 4) is 11.6 Å². The Morgan fingerprint density at radius 2 is 1.83 bits per heavy atom. The maximum Gasteiger partial charge on any atom is 0.237 e. The second-order valence-corrected chi connectivity index (χ2v) is 7.40. The van der Waals surface area contributed by atoms with Crippen LogP contribution < -0.4 is 4.90 Å². The van der Waals surface area contributed by atoms with Crippen molar-refractivity contribution < 1.29 is 9.21 Å². The summed E-state index contributed by atoms with van der Waals surface area (Å²) in [6, 6.07) is 19.5. The van der Waals surface area contributed by atoms with Crippen molar-refractivity contribution in [2.24, 2.45) is 0 Å². The lowest BCUT2D eigenvalue weighted by Gasteiger charge is -2.20. The molecule has 0 fully saturated rings. The number of thioether (sulfide) groups is 1. The van der Waals surface area contributed by atoms with E-state index in [-0.39, 0.29) is 5.91 Å². The van der Waals surface area contributed by atoms with Crippen LogP contribution in [0.2, 0.25) is 0 Å². The van der Waals surface area contributed by atoms with Crippen LogP contribution in [-0.2, 0) is 11.3 Å². The molecule has 0 spiro atoms. The molecule has 2 aromatic carbocycles. The molecule has 0 atom stereocenters. The van der Waals surface area contributed by atoms with E-state index in [0.29, 0.717) is 35.6 Å². The molecule has 0 unspecified atom stereocenters. The Kier molecular flexibility index (Phi) is 5.67. The zero-order valence-corrected chi connectivity index (χ0v) is 17.2. The zero-order chi connectivity index (χ0) is 20.2. The third kappa shape index (κ3) is 3.91. The molecule has 1 amide bonds. The van der Waals surface area contributed by atoms with Crippen LogP contribution in [0.15, 0.2) is 70.2 Å². The summed E-state index contributed by atoms with van der Waals surface area (Å²) in [6.45, 7) is 5.31. The first kappa shape index (κ1) is 19.3. The van der Waals surface area contributed by atoms with Crippen molar-refractivity contribution in [1.29, 1.82) is 0 Å². The molecule has 7 heteroatoms. The molecule has 4 rings (SSSR count). The van der Waals surface area contributed by atoms with Crippen LogP contribution in [0.3, 0.4) is 0 Å². The van der Waals surface area contributed by atoms with Crippen molar-refractivity contribution in [2.45, 2.75) is 25.5 Å². The number of fused-ring (bicyclic) bond motifs is 1. The third-order valence-corrected chi connectivity index (χ3v) is 5.64. The van der Waals surface area contributed by atoms with E-state index in [1.807, 2.05) is 79.1 Å². The monoisotopic (exact) mass is 406 g/mol. The van der Waals surface area contributed by atoms with Gasteiger partial charge in [-0.3, -0.25) is 9.36 Å². The topological polar surface area (TPSA) is 64.2 Å². The number of amides is 1. The molecule has 2 aromatic heterocycles. The van der Waals surface area contributed by atoms with Gasteiger partial charge in [-0.25, -0.2) is 0 Å². The molecule has 148 valence electrons. The highest BCUT2D eigenvalue weighted by atomic mass is 32.2. The van der Waals surface area contributed by atoms with Gasteiger partial charge in [0.15, 0.2) is 10.9 Å². The molecule has 2 heterocycles. The summed E-state index contributed by atoms with van der Waals surface area (Å²) in [5.41, 5.74) is 1.72. The largest absolute Gasteiger partial charge is 0.453 e. The molecule has 6 nitrogen and oxygen atoms in total. The fraction of sp³-hybridized carbons (Fsp3) is 0.227. The molecule has 0 N–H and O–H groups in total. The van der Waals surface area contributed by atoms with Crippen LogP contribution in [0.5, 0.6) is 0 Å². The molecule has 4 aromatic rings. The molecule has 0 saturated carbocycles. The standard InChI is InChI=1S/C22H22N4O2S/c1-3-25(17-11-6-5-7-12-17)20(27)15-29-22-24-23-21(26(22)4-2)19-14-16-10-8-9-13-18(16)28-19/h5-14H,3-4,15H2,1-2H3. The molecule has 0 aliphatic rings. The minimum atomic E-state index is 0.0413. The summed E-state index contributed by atoms with van der Waals surface area (Å²) in [7, 11) is 0. The normalized spacial score (nSPS) is 11.1. The molecule has 0 bridgehead atoms. The highest BCUT2D eigenvalue weighted by Gasteiger charge is 2.19. The first-order valence-corrected chi connectivity index (χ1v) is 10.6. The van der Waals surface area contributed by atoms with Crippen molar-refractivity contribution >= 4 is 34.3 Å². The Labute approximate surface area is 173 Å². The van der Waals surface area contributed by atoms with Crippen molar-refractivity contribution in [3.63, 3.8) is 0 Å². The van der Waals surface area contributed by atoms with E-state index < -0.39 is 0 Å². The Balaban J connectivity index is 1.53. The van der Waals surface area contributed by atoms with Crippen LogP contribution in [0.25, 0.3) is 22.6 Å². The van der Waals surface area contributed by atoms with Crippen LogP contribution >= 0.6 is 11.8 Å². The van der Waals surface area contributed by atoms with E-state index >= 15 is 0 Å². The second-order valence-electron chi connectivity index (χ2n) is 6.46. The SMILES string of the molecule is CCN(C(=O)CSc1nnc(-c2cc3ccccc3o2)n1CC)c1ccccc1. The molecule has 0 saturated heterocycles. The molecule has 0 aliphatic heterocycles. The Bertz CT molecular complexity index is 1090. The summed E-state index contributed by atoms with van der Waals surface area (Å²) in [5.74, 6) is 1.69. The predicted octanol–water partition coefficient (Wildman–Crippen LogP) is 4.86. The van der Waals surface area contributed by atoms with Gasteiger partial charge >= 0.3 is 0 Å². The quantitative estimate of drug-likeness (QED) is 0.410. The van der Waals surface area contributed by atoms with Crippen LogP contribution in [0.1, 0.15) is 13.8 Å². The van der Waals surface area contributed by atoms with Crippen molar-refractivity contribution in [2.75, 3.05) is 17.2 Å². The Morgan fingerprint density at radius 1 is 1.07 bits per heavy atom. The fourth-order valence-corrected chi connectivity index (χ4v) is 4.15. The zero-order valence-electron chi connectivity index (χ0n) is 16.4. The molecular weight excluding hydrogens is 384 g/mol.